The molecule has 2 aromatic carbocycles. The highest BCUT2D eigenvalue weighted by molar-refractivity contribution is 6.13. The first kappa shape index (κ1) is 18.5. The van der Waals surface area contributed by atoms with Crippen molar-refractivity contribution in [1.82, 2.24) is 9.97 Å². The van der Waals surface area contributed by atoms with Crippen LogP contribution in [-0.4, -0.2) is 26.0 Å². The Morgan fingerprint density at radius 2 is 1.96 bits per heavy atom. The van der Waals surface area contributed by atoms with E-state index in [1.807, 2.05) is 19.9 Å². The monoisotopic (exact) mass is 350 g/mol. The van der Waals surface area contributed by atoms with Crippen LogP contribution in [0.3, 0.4) is 0 Å². The van der Waals surface area contributed by atoms with Crippen molar-refractivity contribution < 1.29 is 15.0 Å². The number of phenolic OH excluding ortho intramolecular Hbond substituents is 2. The standard InChI is InChI=1S/C17H12N4O3.C2H6/c18-8-10(5-9-6-11(19)16(24)14(22)7-9)15(23)17-20-12-3-1-2-4-13(12)21-17;1-2/h1-7,22,24H,19H2,(H,20,21);1-2H3/b10-5+;. The fraction of sp³-hybridized carbons (Fsp3) is 0.105. The molecule has 0 fully saturated rings. The average molecular weight is 350 g/mol. The number of nitrogens with one attached hydrogen (secondary N) is 1. The van der Waals surface area contributed by atoms with E-state index in [2.05, 4.69) is 9.97 Å². The van der Waals surface area contributed by atoms with E-state index >= 15 is 0 Å². The largest absolute Gasteiger partial charge is 0.504 e. The molecule has 0 bridgehead atoms. The molecule has 0 aliphatic heterocycles. The van der Waals surface area contributed by atoms with Crippen LogP contribution in [0.1, 0.15) is 30.0 Å². The van der Waals surface area contributed by atoms with Crippen molar-refractivity contribution in [3.05, 3.63) is 53.4 Å². The van der Waals surface area contributed by atoms with Crippen LogP contribution in [0.4, 0.5) is 5.69 Å². The number of rotatable bonds is 3. The first-order valence-electron chi connectivity index (χ1n) is 7.92. The predicted octanol–water partition coefficient (Wildman–Crippen LogP) is 3.37. The van der Waals surface area contributed by atoms with Crippen molar-refractivity contribution in [3.8, 4) is 17.6 Å². The van der Waals surface area contributed by atoms with Gasteiger partial charge in [0.05, 0.1) is 16.7 Å². The Hall–Kier alpha value is -3.79. The first-order valence-corrected chi connectivity index (χ1v) is 7.92. The van der Waals surface area contributed by atoms with E-state index in [1.54, 1.807) is 24.3 Å². The number of hydrogen-bond donors (Lipinski definition) is 4. The Balaban J connectivity index is 0.00000117. The van der Waals surface area contributed by atoms with E-state index in [0.717, 1.165) is 0 Å². The predicted molar refractivity (Wildman–Crippen MR) is 99.5 cm³/mol. The van der Waals surface area contributed by atoms with Gasteiger partial charge in [0.15, 0.2) is 17.3 Å². The minimum Gasteiger partial charge on any atom is -0.504 e. The molecule has 0 aliphatic carbocycles. The van der Waals surface area contributed by atoms with Crippen LogP contribution in [0.25, 0.3) is 17.1 Å². The van der Waals surface area contributed by atoms with Gasteiger partial charge in [-0.2, -0.15) is 5.26 Å². The number of allylic oxidation sites excluding steroid dienone is 1. The third-order valence-electron chi connectivity index (χ3n) is 3.42. The number of imidazole rings is 1. The van der Waals surface area contributed by atoms with Crippen LogP contribution in [0.2, 0.25) is 0 Å². The third-order valence-corrected chi connectivity index (χ3v) is 3.42. The van der Waals surface area contributed by atoms with Gasteiger partial charge in [-0.1, -0.05) is 26.0 Å². The average Bonchev–Trinajstić information content (AvgIpc) is 3.09. The van der Waals surface area contributed by atoms with Crippen LogP contribution >= 0.6 is 0 Å². The summed E-state index contributed by atoms with van der Waals surface area (Å²) in [6.45, 7) is 4.00. The molecule has 0 unspecified atom stereocenters. The van der Waals surface area contributed by atoms with Gasteiger partial charge in [-0.15, -0.1) is 0 Å². The quantitative estimate of drug-likeness (QED) is 0.188. The van der Waals surface area contributed by atoms with Crippen molar-refractivity contribution in [1.29, 1.82) is 5.26 Å². The normalized spacial score (nSPS) is 10.7. The zero-order valence-electron chi connectivity index (χ0n) is 14.3. The van der Waals surface area contributed by atoms with Crippen molar-refractivity contribution in [3.63, 3.8) is 0 Å². The van der Waals surface area contributed by atoms with E-state index in [1.165, 1.54) is 18.2 Å². The lowest BCUT2D eigenvalue weighted by Crippen LogP contribution is -2.04. The summed E-state index contributed by atoms with van der Waals surface area (Å²) in [6.07, 6.45) is 1.27. The Kier molecular flexibility index (Phi) is 5.60. The number of H-pyrrole nitrogens is 1. The maximum Gasteiger partial charge on any atom is 0.238 e. The van der Waals surface area contributed by atoms with Gasteiger partial charge < -0.3 is 20.9 Å². The highest BCUT2D eigenvalue weighted by Gasteiger charge is 2.17. The summed E-state index contributed by atoms with van der Waals surface area (Å²) in [5, 5.41) is 28.3. The minimum absolute atomic E-state index is 0.0416. The number of ketones is 1. The van der Waals surface area contributed by atoms with Crippen molar-refractivity contribution in [2.24, 2.45) is 0 Å². The topological polar surface area (TPSA) is 136 Å². The highest BCUT2D eigenvalue weighted by atomic mass is 16.3. The highest BCUT2D eigenvalue weighted by Crippen LogP contribution is 2.33. The summed E-state index contributed by atoms with van der Waals surface area (Å²) in [5.74, 6) is -1.43. The van der Waals surface area contributed by atoms with E-state index in [0.29, 0.717) is 16.6 Å². The number of fused-ring (bicyclic) bond motifs is 1. The molecule has 3 aromatic rings. The van der Waals surface area contributed by atoms with Crippen LogP contribution in [0, 0.1) is 11.3 Å². The number of aromatic hydroxyl groups is 2. The number of nitriles is 1. The second-order valence-electron chi connectivity index (χ2n) is 5.08. The minimum atomic E-state index is -0.583. The van der Waals surface area contributed by atoms with Crippen molar-refractivity contribution >= 4 is 28.6 Å². The lowest BCUT2D eigenvalue weighted by Gasteiger charge is -2.03. The molecule has 0 atom stereocenters. The summed E-state index contributed by atoms with van der Waals surface area (Å²) in [7, 11) is 0. The lowest BCUT2D eigenvalue weighted by molar-refractivity contribution is 0.103. The molecule has 7 heteroatoms. The van der Waals surface area contributed by atoms with Gasteiger partial charge in [-0.05, 0) is 35.9 Å². The number of carbonyl (C=O) groups excluding carboxylic acids is 1. The molecule has 3 rings (SSSR count). The molecule has 7 nitrogen and oxygen atoms in total. The molecule has 1 heterocycles. The second-order valence-corrected chi connectivity index (χ2v) is 5.08. The molecular formula is C19H18N4O3. The zero-order valence-corrected chi connectivity index (χ0v) is 14.3. The number of nitrogens with two attached hydrogens (primary N) is 1. The van der Waals surface area contributed by atoms with Crippen molar-refractivity contribution in [2.45, 2.75) is 13.8 Å². The fourth-order valence-electron chi connectivity index (χ4n) is 2.25. The molecule has 26 heavy (non-hydrogen) atoms. The molecule has 0 aliphatic rings. The van der Waals surface area contributed by atoms with Gasteiger partial charge in [0, 0.05) is 0 Å². The van der Waals surface area contributed by atoms with E-state index in [9.17, 15) is 20.3 Å². The molecule has 0 radical (unpaired) electrons. The Morgan fingerprint density at radius 1 is 1.27 bits per heavy atom. The van der Waals surface area contributed by atoms with Crippen LogP contribution in [0.5, 0.6) is 11.5 Å². The Labute approximate surface area is 150 Å². The number of aromatic nitrogens is 2. The van der Waals surface area contributed by atoms with E-state index in [-0.39, 0.29) is 17.1 Å². The SMILES string of the molecule is CC.N#C/C(=C\c1cc(N)c(O)c(O)c1)C(=O)c1nc2ccccc2[nH]1. The molecule has 1 aromatic heterocycles. The summed E-state index contributed by atoms with van der Waals surface area (Å²) >= 11 is 0. The summed E-state index contributed by atoms with van der Waals surface area (Å²) in [5.41, 5.74) is 6.92. The third kappa shape index (κ3) is 3.65. The van der Waals surface area contributed by atoms with Crippen molar-refractivity contribution in [2.75, 3.05) is 5.73 Å². The second kappa shape index (κ2) is 7.85. The Morgan fingerprint density at radius 3 is 2.58 bits per heavy atom. The summed E-state index contributed by atoms with van der Waals surface area (Å²) < 4.78 is 0. The maximum absolute atomic E-state index is 12.5. The van der Waals surface area contributed by atoms with Gasteiger partial charge in [0.25, 0.3) is 0 Å². The number of aromatic amines is 1. The maximum atomic E-state index is 12.5. The number of carbonyl (C=O) groups is 1. The van der Waals surface area contributed by atoms with Gasteiger partial charge in [-0.25, -0.2) is 4.98 Å². The molecule has 132 valence electrons. The smallest absolute Gasteiger partial charge is 0.238 e. The molecule has 0 spiro atoms. The van der Waals surface area contributed by atoms with E-state index in [4.69, 9.17) is 5.73 Å². The fourth-order valence-corrected chi connectivity index (χ4v) is 2.25. The first-order chi connectivity index (χ1) is 12.5. The molecular weight excluding hydrogens is 332 g/mol. The number of anilines is 1. The zero-order chi connectivity index (χ0) is 19.3. The van der Waals surface area contributed by atoms with E-state index < -0.39 is 17.3 Å². The Bertz CT molecular complexity index is 973. The number of nitrogen functional groups attached to an aromatic ring is 1. The number of nitrogens with zero attached hydrogens (tertiary/aromatic N) is 2. The van der Waals surface area contributed by atoms with Crippen LogP contribution in [-0.2, 0) is 0 Å². The van der Waals surface area contributed by atoms with Gasteiger partial charge in [0.2, 0.25) is 5.78 Å². The number of para-hydroxylation sites is 2. The molecule has 5 N–H and O–H groups in total. The number of hydrogen-bond acceptors (Lipinski definition) is 6. The lowest BCUT2D eigenvalue weighted by atomic mass is 10.1. The van der Waals surface area contributed by atoms with Gasteiger partial charge in [-0.3, -0.25) is 4.79 Å². The van der Waals surface area contributed by atoms with Crippen LogP contribution < -0.4 is 5.73 Å². The van der Waals surface area contributed by atoms with Gasteiger partial charge in [0.1, 0.15) is 11.6 Å². The number of phenols is 2. The number of benzene rings is 2. The molecule has 0 saturated carbocycles. The van der Waals surface area contributed by atoms with Gasteiger partial charge >= 0.3 is 0 Å². The van der Waals surface area contributed by atoms with Crippen LogP contribution in [0.15, 0.2) is 42.0 Å². The molecule has 0 amide bonds. The summed E-state index contributed by atoms with van der Waals surface area (Å²) in [4.78, 5) is 19.5. The summed E-state index contributed by atoms with van der Waals surface area (Å²) in [6, 6.07) is 11.5. The molecule has 0 saturated heterocycles. The number of Topliss-reactive ketones (excluding diaryl/α,β-unsaturated/α-hetero) is 1.